The second-order valence-corrected chi connectivity index (χ2v) is 4.71. The Bertz CT molecular complexity index is 722. The minimum Gasteiger partial charge on any atom is -0.396 e. The molecule has 0 aliphatic rings. The van der Waals surface area contributed by atoms with Crippen LogP contribution in [0.4, 0.5) is 11.6 Å². The van der Waals surface area contributed by atoms with Crippen molar-refractivity contribution in [2.45, 2.75) is 20.3 Å². The number of nitrogens with zero attached hydrogens (tertiary/aromatic N) is 1. The summed E-state index contributed by atoms with van der Waals surface area (Å²) in [6, 6.07) is 6.95. The summed E-state index contributed by atoms with van der Waals surface area (Å²) < 4.78 is 0. The Hall–Kier alpha value is -2.47. The van der Waals surface area contributed by atoms with Gasteiger partial charge < -0.3 is 10.4 Å². The van der Waals surface area contributed by atoms with E-state index in [-0.39, 0.29) is 24.4 Å². The lowest BCUT2D eigenvalue weighted by Gasteiger charge is -2.09. The van der Waals surface area contributed by atoms with Gasteiger partial charge in [-0.05, 0) is 26.0 Å². The summed E-state index contributed by atoms with van der Waals surface area (Å²) in [6.07, 6.45) is 0.272. The zero-order chi connectivity index (χ0) is 15.4. The van der Waals surface area contributed by atoms with Gasteiger partial charge in [0.15, 0.2) is 5.78 Å². The molecule has 0 saturated heterocycles. The van der Waals surface area contributed by atoms with E-state index in [2.05, 4.69) is 15.3 Å². The van der Waals surface area contributed by atoms with Crippen molar-refractivity contribution < 1.29 is 9.90 Å². The SMILES string of the molecule is CC(=O)c1cccc(Nc2nc(C)c(CCO)c(=O)[nH]2)c1. The van der Waals surface area contributed by atoms with Crippen LogP contribution in [-0.4, -0.2) is 27.5 Å². The van der Waals surface area contributed by atoms with E-state index in [1.165, 1.54) is 6.92 Å². The van der Waals surface area contributed by atoms with Gasteiger partial charge >= 0.3 is 0 Å². The third-order valence-electron chi connectivity index (χ3n) is 3.12. The summed E-state index contributed by atoms with van der Waals surface area (Å²) in [5.74, 6) is 0.273. The quantitative estimate of drug-likeness (QED) is 0.725. The average Bonchev–Trinajstić information content (AvgIpc) is 2.43. The Morgan fingerprint density at radius 2 is 2.19 bits per heavy atom. The summed E-state index contributed by atoms with van der Waals surface area (Å²) >= 11 is 0. The first-order chi connectivity index (χ1) is 10.0. The highest BCUT2D eigenvalue weighted by Crippen LogP contribution is 2.15. The number of aromatic nitrogens is 2. The van der Waals surface area contributed by atoms with Crippen LogP contribution in [0.25, 0.3) is 0 Å². The number of Topliss-reactive ketones (excluding diaryl/α,β-unsaturated/α-hetero) is 1. The van der Waals surface area contributed by atoms with Crippen LogP contribution in [0.5, 0.6) is 0 Å². The van der Waals surface area contributed by atoms with E-state index in [4.69, 9.17) is 5.11 Å². The number of ketones is 1. The summed E-state index contributed by atoms with van der Waals surface area (Å²) in [6.45, 7) is 3.11. The van der Waals surface area contributed by atoms with Crippen LogP contribution >= 0.6 is 0 Å². The standard InChI is InChI=1S/C15H17N3O3/c1-9-13(6-7-19)14(21)18-15(16-9)17-12-5-3-4-11(8-12)10(2)20/h3-5,8,19H,6-7H2,1-2H3,(H2,16,17,18,21). The number of rotatable bonds is 5. The van der Waals surface area contributed by atoms with Crippen molar-refractivity contribution in [2.24, 2.45) is 0 Å². The third kappa shape index (κ3) is 3.55. The molecule has 6 nitrogen and oxygen atoms in total. The fourth-order valence-electron chi connectivity index (χ4n) is 2.03. The first-order valence-corrected chi connectivity index (χ1v) is 6.60. The molecule has 0 spiro atoms. The van der Waals surface area contributed by atoms with Gasteiger partial charge in [0.05, 0.1) is 5.69 Å². The van der Waals surface area contributed by atoms with Crippen molar-refractivity contribution in [3.63, 3.8) is 0 Å². The second-order valence-electron chi connectivity index (χ2n) is 4.71. The number of H-pyrrole nitrogens is 1. The molecule has 0 aliphatic carbocycles. The van der Waals surface area contributed by atoms with E-state index in [1.807, 2.05) is 0 Å². The Morgan fingerprint density at radius 1 is 1.43 bits per heavy atom. The molecule has 1 heterocycles. The number of carbonyl (C=O) groups excluding carboxylic acids is 1. The minimum absolute atomic E-state index is 0.0328. The van der Waals surface area contributed by atoms with Crippen molar-refractivity contribution in [1.82, 2.24) is 9.97 Å². The number of hydrogen-bond donors (Lipinski definition) is 3. The smallest absolute Gasteiger partial charge is 0.255 e. The van der Waals surface area contributed by atoms with E-state index < -0.39 is 0 Å². The van der Waals surface area contributed by atoms with Crippen LogP contribution in [0.2, 0.25) is 0 Å². The minimum atomic E-state index is -0.276. The van der Waals surface area contributed by atoms with Crippen molar-refractivity contribution in [3.05, 3.63) is 51.4 Å². The van der Waals surface area contributed by atoms with Crippen LogP contribution < -0.4 is 10.9 Å². The number of anilines is 2. The van der Waals surface area contributed by atoms with Gasteiger partial charge in [-0.3, -0.25) is 14.6 Å². The van der Waals surface area contributed by atoms with E-state index >= 15 is 0 Å². The number of nitrogens with one attached hydrogen (secondary N) is 2. The van der Waals surface area contributed by atoms with Crippen molar-refractivity contribution >= 4 is 17.4 Å². The number of aliphatic hydroxyl groups excluding tert-OH is 1. The van der Waals surface area contributed by atoms with Gasteiger partial charge in [0, 0.05) is 29.8 Å². The van der Waals surface area contributed by atoms with Crippen molar-refractivity contribution in [1.29, 1.82) is 0 Å². The predicted octanol–water partition coefficient (Wildman–Crippen LogP) is 1.56. The van der Waals surface area contributed by atoms with E-state index in [1.54, 1.807) is 31.2 Å². The number of aryl methyl sites for hydroxylation is 1. The zero-order valence-corrected chi connectivity index (χ0v) is 11.9. The molecule has 21 heavy (non-hydrogen) atoms. The fourth-order valence-corrected chi connectivity index (χ4v) is 2.03. The molecule has 6 heteroatoms. The molecular formula is C15H17N3O3. The molecule has 0 atom stereocenters. The lowest BCUT2D eigenvalue weighted by atomic mass is 10.1. The van der Waals surface area contributed by atoms with E-state index in [0.717, 1.165) is 0 Å². The summed E-state index contributed by atoms with van der Waals surface area (Å²) in [7, 11) is 0. The molecule has 0 radical (unpaired) electrons. The predicted molar refractivity (Wildman–Crippen MR) is 80.1 cm³/mol. The maximum Gasteiger partial charge on any atom is 0.255 e. The third-order valence-corrected chi connectivity index (χ3v) is 3.12. The van der Waals surface area contributed by atoms with Crippen LogP contribution in [-0.2, 0) is 6.42 Å². The molecule has 2 rings (SSSR count). The molecule has 110 valence electrons. The highest BCUT2D eigenvalue weighted by Gasteiger charge is 2.08. The van der Waals surface area contributed by atoms with Gasteiger partial charge in [0.2, 0.25) is 5.95 Å². The molecule has 3 N–H and O–H groups in total. The normalized spacial score (nSPS) is 10.4. The maximum absolute atomic E-state index is 11.9. The van der Waals surface area contributed by atoms with Gasteiger partial charge in [-0.1, -0.05) is 12.1 Å². The number of benzene rings is 1. The monoisotopic (exact) mass is 287 g/mol. The highest BCUT2D eigenvalue weighted by molar-refractivity contribution is 5.95. The lowest BCUT2D eigenvalue weighted by Crippen LogP contribution is -2.19. The van der Waals surface area contributed by atoms with Crippen molar-refractivity contribution in [3.8, 4) is 0 Å². The van der Waals surface area contributed by atoms with Crippen LogP contribution in [0.3, 0.4) is 0 Å². The molecule has 0 aliphatic heterocycles. The van der Waals surface area contributed by atoms with Crippen molar-refractivity contribution in [2.75, 3.05) is 11.9 Å². The Labute approximate surface area is 121 Å². The largest absolute Gasteiger partial charge is 0.396 e. The van der Waals surface area contributed by atoms with Gasteiger partial charge in [-0.25, -0.2) is 4.98 Å². The molecule has 0 fully saturated rings. The Balaban J connectivity index is 2.30. The summed E-state index contributed by atoms with van der Waals surface area (Å²) in [5.41, 5.74) is 2.01. The zero-order valence-electron chi connectivity index (χ0n) is 11.9. The first kappa shape index (κ1) is 14.9. The molecule has 1 aromatic heterocycles. The second kappa shape index (κ2) is 6.32. The molecule has 0 saturated carbocycles. The Morgan fingerprint density at radius 3 is 2.81 bits per heavy atom. The number of carbonyl (C=O) groups is 1. The first-order valence-electron chi connectivity index (χ1n) is 6.60. The molecule has 0 amide bonds. The molecule has 0 bridgehead atoms. The molecular weight excluding hydrogens is 270 g/mol. The van der Waals surface area contributed by atoms with E-state index in [9.17, 15) is 9.59 Å². The van der Waals surface area contributed by atoms with E-state index in [0.29, 0.717) is 28.5 Å². The van der Waals surface area contributed by atoms with Gasteiger partial charge in [-0.2, -0.15) is 0 Å². The van der Waals surface area contributed by atoms with Gasteiger partial charge in [-0.15, -0.1) is 0 Å². The maximum atomic E-state index is 11.9. The molecule has 0 unspecified atom stereocenters. The summed E-state index contributed by atoms with van der Waals surface area (Å²) in [4.78, 5) is 30.1. The lowest BCUT2D eigenvalue weighted by molar-refractivity contribution is 0.101. The number of hydrogen-bond acceptors (Lipinski definition) is 5. The average molecular weight is 287 g/mol. The molecule has 2 aromatic rings. The van der Waals surface area contributed by atoms with Crippen LogP contribution in [0.1, 0.15) is 28.5 Å². The highest BCUT2D eigenvalue weighted by atomic mass is 16.3. The number of aromatic amines is 1. The van der Waals surface area contributed by atoms with Crippen LogP contribution in [0.15, 0.2) is 29.1 Å². The van der Waals surface area contributed by atoms with Gasteiger partial charge in [0.25, 0.3) is 5.56 Å². The summed E-state index contributed by atoms with van der Waals surface area (Å²) in [5, 5.41) is 11.9. The topological polar surface area (TPSA) is 95.1 Å². The van der Waals surface area contributed by atoms with Crippen LogP contribution in [0, 0.1) is 6.92 Å². The number of aliphatic hydroxyl groups is 1. The Kier molecular flexibility index (Phi) is 4.49. The fraction of sp³-hybridized carbons (Fsp3) is 0.267. The molecule has 1 aromatic carbocycles. The van der Waals surface area contributed by atoms with Gasteiger partial charge in [0.1, 0.15) is 0 Å².